The van der Waals surface area contributed by atoms with Crippen LogP contribution in [0.15, 0.2) is 408 Å². The van der Waals surface area contributed by atoms with Gasteiger partial charge < -0.3 is 9.97 Å². The number of fused-ring (bicyclic) bond motifs is 10. The third-order valence-corrected chi connectivity index (χ3v) is 18.8. The first-order chi connectivity index (χ1) is 55.6. The van der Waals surface area contributed by atoms with Crippen molar-refractivity contribution in [1.82, 2.24) is 9.97 Å². The number of rotatable bonds is 4. The molecular weight excluding hydrogens is 1420 g/mol. The van der Waals surface area contributed by atoms with Crippen molar-refractivity contribution in [1.29, 1.82) is 0 Å². The van der Waals surface area contributed by atoms with Crippen LogP contribution in [0.1, 0.15) is 100 Å². The van der Waals surface area contributed by atoms with Gasteiger partial charge in [-0.05, 0) is 142 Å². The third kappa shape index (κ3) is 15.8. The Hall–Kier alpha value is -15.8. The van der Waals surface area contributed by atoms with E-state index in [1.54, 1.807) is 0 Å². The predicted octanol–water partition coefficient (Wildman–Crippen LogP) is 18.5. The number of aromatic nitrogens is 2. The van der Waals surface area contributed by atoms with E-state index in [0.29, 0.717) is 112 Å². The van der Waals surface area contributed by atoms with Crippen LogP contribution in [-0.4, -0.2) is 11.4 Å². The molecule has 523 valence electrons. The molecule has 4 heterocycles. The number of aliphatic imine (C=N–C) groups is 2. The van der Waals surface area contributed by atoms with E-state index in [2.05, 4.69) is 143 Å². The quantitative estimate of drug-likeness (QED) is 0.130. The molecular formula is C108H60CuN4. The molecule has 0 atom stereocenters. The van der Waals surface area contributed by atoms with Crippen LogP contribution in [0.5, 0.6) is 0 Å². The molecule has 2 aliphatic heterocycles. The summed E-state index contributed by atoms with van der Waals surface area (Å²) in [6, 6.07) is 121. The van der Waals surface area contributed by atoms with E-state index in [1.165, 1.54) is 0 Å². The molecule has 1 aliphatic carbocycles. The summed E-state index contributed by atoms with van der Waals surface area (Å²) in [4.78, 5) is 24.9. The first kappa shape index (κ1) is 71.5. The molecule has 0 amide bonds. The summed E-state index contributed by atoms with van der Waals surface area (Å²) < 4.78 is 0. The number of hydrogen-bond acceptors (Lipinski definition) is 2. The van der Waals surface area contributed by atoms with Crippen LogP contribution in [-0.2, 0) is 17.1 Å². The summed E-state index contributed by atoms with van der Waals surface area (Å²) in [7, 11) is 0. The first-order valence-corrected chi connectivity index (χ1v) is 36.7. The van der Waals surface area contributed by atoms with Gasteiger partial charge in [-0.1, -0.05) is 362 Å². The maximum absolute atomic E-state index is 6.22. The Labute approximate surface area is 669 Å². The molecule has 3 aliphatic rings. The molecule has 0 N–H and O–H groups in total. The Morgan fingerprint density at radius 1 is 0.177 bits per heavy atom. The van der Waals surface area contributed by atoms with Crippen molar-refractivity contribution in [2.75, 3.05) is 0 Å². The fourth-order valence-corrected chi connectivity index (χ4v) is 13.5. The molecule has 0 fully saturated rings. The van der Waals surface area contributed by atoms with Crippen LogP contribution in [0.4, 0.5) is 0 Å². The smallest absolute Gasteiger partial charge is 0.655 e. The normalized spacial score (nSPS) is 12.2. The van der Waals surface area contributed by atoms with E-state index in [0.717, 1.165) is 66.8 Å². The van der Waals surface area contributed by atoms with E-state index in [4.69, 9.17) is 20.0 Å². The van der Waals surface area contributed by atoms with Crippen molar-refractivity contribution >= 4 is 33.7 Å². The molecule has 12 aromatic carbocycles. The summed E-state index contributed by atoms with van der Waals surface area (Å²) in [5.41, 5.74) is 18.8. The standard InChI is InChI=1S/C108H60N4.Cu/c1-13-37-77(38-14-1)61-69-89-90(70-62-78-39-15-2-16-40-78)102-98(86-55-31-10-32-56-86)104-93(73-65-81-45-21-5-22-46-81)94(74-66-82-47-23-6-24-48-82)106(111-104)100(88-59-35-12-36-60-88)108-96(76-68-84-51-27-8-28-52-84)95(75-67-83-49-25-7-26-50-83)107(112-108)99(87-57-33-11-34-58-87)105-92(72-64-80-43-19-4-20-44-80)91(71-63-79-41-17-3-18-42-79)103(110-105)97(101(89)109-102)85-53-29-9-30-54-85;/h1-60H;/q-2;+2. The Kier molecular flexibility index (Phi) is 21.5. The van der Waals surface area contributed by atoms with Crippen LogP contribution >= 0.6 is 0 Å². The number of nitrogens with zero attached hydrogens (tertiary/aromatic N) is 4. The molecule has 1 radical (unpaired) electrons. The van der Waals surface area contributed by atoms with Gasteiger partial charge in [0.25, 0.3) is 0 Å². The number of hydrogen-bond donors (Lipinski definition) is 0. The molecule has 8 bridgehead atoms. The van der Waals surface area contributed by atoms with Gasteiger partial charge >= 0.3 is 17.1 Å². The van der Waals surface area contributed by atoms with Crippen molar-refractivity contribution in [3.8, 4) is 94.7 Å². The van der Waals surface area contributed by atoms with Gasteiger partial charge in [0.15, 0.2) is 0 Å². The SMILES string of the molecule is C(#Cc1ccccc1)C1=C(C#Cc2ccccc2)C2=C(c3ccccc3)c3[n-]c(c(C#Cc4ccccc4)c3C#Cc3ccccc3)C(c3ccccc3)=C3N=C(C(C#Cc4ccccc4)=C3C#Cc3ccccc3)C(c3ccccc3)=c3[n-]c(c(C#Cc4ccccc4)c3C#Cc3ccccc3)=C(c3ccccc3)C1=N2.[Cu+2]. The maximum Gasteiger partial charge on any atom is 2.00 e. The Balaban J connectivity index is 0.00000964. The minimum absolute atomic E-state index is 0. The zero-order chi connectivity index (χ0) is 75.0. The molecule has 5 heteroatoms. The van der Waals surface area contributed by atoms with Gasteiger partial charge in [0.05, 0.1) is 45.1 Å². The zero-order valence-corrected chi connectivity index (χ0v) is 61.7. The van der Waals surface area contributed by atoms with Gasteiger partial charge in [-0.3, -0.25) is 0 Å². The average molecular weight is 1480 g/mol. The monoisotopic (exact) mass is 1480 g/mol. The van der Waals surface area contributed by atoms with Crippen LogP contribution in [0.2, 0.25) is 0 Å². The molecule has 4 nitrogen and oxygen atoms in total. The molecule has 14 aromatic rings. The fourth-order valence-electron chi connectivity index (χ4n) is 13.5. The largest absolute Gasteiger partial charge is 2.00 e. The summed E-state index contributed by atoms with van der Waals surface area (Å²) in [6.45, 7) is 0. The third-order valence-electron chi connectivity index (χ3n) is 18.8. The van der Waals surface area contributed by atoms with Crippen molar-refractivity contribution in [2.45, 2.75) is 0 Å². The van der Waals surface area contributed by atoms with E-state index >= 15 is 0 Å². The molecule has 2 aromatic heterocycles. The van der Waals surface area contributed by atoms with Gasteiger partial charge in [0, 0.05) is 66.8 Å². The second kappa shape index (κ2) is 34.0. The van der Waals surface area contributed by atoms with E-state index < -0.39 is 0 Å². The zero-order valence-electron chi connectivity index (χ0n) is 60.7. The Bertz CT molecular complexity index is 6480. The maximum atomic E-state index is 6.22. The number of benzene rings is 12. The second-order valence-corrected chi connectivity index (χ2v) is 26.1. The van der Waals surface area contributed by atoms with Crippen LogP contribution in [0.3, 0.4) is 0 Å². The first-order valence-electron chi connectivity index (χ1n) is 36.7. The minimum Gasteiger partial charge on any atom is -0.655 e. The minimum atomic E-state index is 0. The van der Waals surface area contributed by atoms with Crippen LogP contribution in [0.25, 0.3) is 22.3 Å². The fraction of sp³-hybridized carbons (Fsp3) is 0. The van der Waals surface area contributed by atoms with Crippen molar-refractivity contribution in [3.63, 3.8) is 0 Å². The second-order valence-electron chi connectivity index (χ2n) is 26.1. The van der Waals surface area contributed by atoms with Gasteiger partial charge in [0.2, 0.25) is 0 Å². The average Bonchev–Trinajstić information content (AvgIpc) is 1.57. The van der Waals surface area contributed by atoms with E-state index in [1.807, 2.05) is 315 Å². The molecule has 0 saturated carbocycles. The topological polar surface area (TPSA) is 52.9 Å². The van der Waals surface area contributed by atoms with Gasteiger partial charge in [-0.15, -0.1) is 22.1 Å². The molecule has 17 rings (SSSR count). The van der Waals surface area contributed by atoms with Crippen molar-refractivity contribution in [2.24, 2.45) is 9.98 Å². The van der Waals surface area contributed by atoms with E-state index in [-0.39, 0.29) is 17.1 Å². The van der Waals surface area contributed by atoms with Gasteiger partial charge in [-0.25, -0.2) is 9.98 Å². The van der Waals surface area contributed by atoms with Crippen molar-refractivity contribution < 1.29 is 17.1 Å². The summed E-state index contributed by atoms with van der Waals surface area (Å²) in [5, 5.41) is 0.952. The predicted molar refractivity (Wildman–Crippen MR) is 453 cm³/mol. The van der Waals surface area contributed by atoms with Gasteiger partial charge in [-0.2, -0.15) is 0 Å². The van der Waals surface area contributed by atoms with Gasteiger partial charge in [0.1, 0.15) is 0 Å². The Morgan fingerprint density at radius 3 is 0.611 bits per heavy atom. The Morgan fingerprint density at radius 2 is 0.372 bits per heavy atom. The molecule has 0 unspecified atom stereocenters. The summed E-state index contributed by atoms with van der Waals surface area (Å²) >= 11 is 0. The summed E-state index contributed by atoms with van der Waals surface area (Å²) in [6.07, 6.45) is 0. The van der Waals surface area contributed by atoms with Crippen molar-refractivity contribution in [3.05, 3.63) is 509 Å². The molecule has 0 spiro atoms. The molecule has 113 heavy (non-hydrogen) atoms. The molecule has 0 saturated heterocycles. The number of allylic oxidation sites excluding steroid dienone is 4. The van der Waals surface area contributed by atoms with Crippen LogP contribution in [0, 0.1) is 94.7 Å². The summed E-state index contributed by atoms with van der Waals surface area (Å²) in [5.74, 6) is 59.6. The van der Waals surface area contributed by atoms with E-state index in [9.17, 15) is 0 Å². The van der Waals surface area contributed by atoms with Crippen LogP contribution < -0.4 is 20.7 Å².